The van der Waals surface area contributed by atoms with Crippen LogP contribution in [0.1, 0.15) is 17.4 Å². The van der Waals surface area contributed by atoms with Gasteiger partial charge in [-0.2, -0.15) is 10.2 Å². The number of hydrogen-bond acceptors (Lipinski definition) is 5. The van der Waals surface area contributed by atoms with Gasteiger partial charge in [-0.3, -0.25) is 10.2 Å². The van der Waals surface area contributed by atoms with Crippen molar-refractivity contribution in [3.05, 3.63) is 72.2 Å². The SMILES string of the molecule is ON1C=C(c2ccccc2)N=N[C@@H]1c1ccccn1. The first-order valence-corrected chi connectivity index (χ1v) is 5.91. The predicted octanol–water partition coefficient (Wildman–Crippen LogP) is 3.24. The molecule has 0 spiro atoms. The van der Waals surface area contributed by atoms with Crippen LogP contribution in [0.4, 0.5) is 0 Å². The number of pyridine rings is 1. The Morgan fingerprint density at radius 2 is 1.79 bits per heavy atom. The summed E-state index contributed by atoms with van der Waals surface area (Å²) in [7, 11) is 0. The van der Waals surface area contributed by atoms with Crippen LogP contribution in [0.15, 0.2) is 71.2 Å². The number of nitrogens with zero attached hydrogens (tertiary/aromatic N) is 4. The van der Waals surface area contributed by atoms with Gasteiger partial charge < -0.3 is 0 Å². The van der Waals surface area contributed by atoms with E-state index in [1.807, 2.05) is 42.5 Å². The predicted molar refractivity (Wildman–Crippen MR) is 69.9 cm³/mol. The Balaban J connectivity index is 1.87. The highest BCUT2D eigenvalue weighted by atomic mass is 16.5. The van der Waals surface area contributed by atoms with E-state index in [-0.39, 0.29) is 0 Å². The van der Waals surface area contributed by atoms with E-state index < -0.39 is 6.17 Å². The van der Waals surface area contributed by atoms with Crippen LogP contribution in [0, 0.1) is 0 Å². The summed E-state index contributed by atoms with van der Waals surface area (Å²) < 4.78 is 0. The summed E-state index contributed by atoms with van der Waals surface area (Å²) in [4.78, 5) is 4.17. The number of aromatic nitrogens is 1. The van der Waals surface area contributed by atoms with Gasteiger partial charge in [-0.1, -0.05) is 36.4 Å². The van der Waals surface area contributed by atoms with Crippen molar-refractivity contribution < 1.29 is 5.21 Å². The van der Waals surface area contributed by atoms with Crippen molar-refractivity contribution in [1.29, 1.82) is 0 Å². The highest BCUT2D eigenvalue weighted by Crippen LogP contribution is 2.28. The Morgan fingerprint density at radius 1 is 1.00 bits per heavy atom. The molecule has 0 saturated carbocycles. The van der Waals surface area contributed by atoms with Gasteiger partial charge in [0, 0.05) is 11.8 Å². The maximum Gasteiger partial charge on any atom is 0.207 e. The van der Waals surface area contributed by atoms with Crippen molar-refractivity contribution in [2.45, 2.75) is 6.17 Å². The van der Waals surface area contributed by atoms with Crippen LogP contribution < -0.4 is 0 Å². The zero-order valence-corrected chi connectivity index (χ0v) is 10.1. The third-order valence-corrected chi connectivity index (χ3v) is 2.80. The first kappa shape index (κ1) is 11.6. The fourth-order valence-corrected chi connectivity index (χ4v) is 1.86. The van der Waals surface area contributed by atoms with Gasteiger partial charge in [0.2, 0.25) is 6.17 Å². The molecule has 3 rings (SSSR count). The lowest BCUT2D eigenvalue weighted by Gasteiger charge is -2.23. The molecule has 1 aromatic heterocycles. The van der Waals surface area contributed by atoms with Crippen LogP contribution in [0.3, 0.4) is 0 Å². The molecule has 5 heteroatoms. The van der Waals surface area contributed by atoms with Crippen LogP contribution in [-0.4, -0.2) is 15.3 Å². The Bertz CT molecular complexity index is 610. The van der Waals surface area contributed by atoms with Crippen LogP contribution in [0.2, 0.25) is 0 Å². The number of hydroxylamine groups is 2. The van der Waals surface area contributed by atoms with Gasteiger partial charge in [-0.15, -0.1) is 0 Å². The zero-order valence-electron chi connectivity index (χ0n) is 10.1. The fraction of sp³-hybridized carbons (Fsp3) is 0.0714. The van der Waals surface area contributed by atoms with E-state index in [2.05, 4.69) is 15.2 Å². The quantitative estimate of drug-likeness (QED) is 0.892. The van der Waals surface area contributed by atoms with Crippen LogP contribution in [-0.2, 0) is 0 Å². The molecule has 2 aromatic rings. The monoisotopic (exact) mass is 252 g/mol. The molecule has 94 valence electrons. The second-order valence-corrected chi connectivity index (χ2v) is 4.10. The van der Waals surface area contributed by atoms with Gasteiger partial charge in [0.05, 0.1) is 11.9 Å². The molecule has 5 nitrogen and oxygen atoms in total. The van der Waals surface area contributed by atoms with Gasteiger partial charge in [-0.25, -0.2) is 5.06 Å². The molecular weight excluding hydrogens is 240 g/mol. The number of hydrogen-bond donors (Lipinski definition) is 1. The lowest BCUT2D eigenvalue weighted by Crippen LogP contribution is -2.21. The molecule has 0 radical (unpaired) electrons. The van der Waals surface area contributed by atoms with Crippen molar-refractivity contribution >= 4 is 5.70 Å². The lowest BCUT2D eigenvalue weighted by atomic mass is 10.1. The number of benzene rings is 1. The summed E-state index contributed by atoms with van der Waals surface area (Å²) in [5.74, 6) is 0. The summed E-state index contributed by atoms with van der Waals surface area (Å²) in [6, 6.07) is 15.1. The summed E-state index contributed by atoms with van der Waals surface area (Å²) in [5.41, 5.74) is 2.18. The minimum absolute atomic E-state index is 0.589. The Labute approximate surface area is 110 Å². The maximum absolute atomic E-state index is 10.0. The minimum atomic E-state index is -0.589. The molecule has 1 aromatic carbocycles. The van der Waals surface area contributed by atoms with E-state index in [0.29, 0.717) is 11.4 Å². The zero-order chi connectivity index (χ0) is 13.1. The molecule has 19 heavy (non-hydrogen) atoms. The molecule has 0 aliphatic carbocycles. The summed E-state index contributed by atoms with van der Waals surface area (Å²) >= 11 is 0. The minimum Gasteiger partial charge on any atom is -0.286 e. The molecular formula is C14H12N4O. The normalized spacial score (nSPS) is 18.3. The van der Waals surface area contributed by atoms with E-state index in [9.17, 15) is 5.21 Å². The summed E-state index contributed by atoms with van der Waals surface area (Å²) in [5, 5.41) is 19.3. The highest BCUT2D eigenvalue weighted by molar-refractivity contribution is 5.64. The molecule has 1 aliphatic rings. The molecule has 1 N–H and O–H groups in total. The average molecular weight is 252 g/mol. The first-order valence-electron chi connectivity index (χ1n) is 5.91. The van der Waals surface area contributed by atoms with E-state index in [1.54, 1.807) is 18.5 Å². The molecule has 0 fully saturated rings. The second-order valence-electron chi connectivity index (χ2n) is 4.10. The van der Waals surface area contributed by atoms with Crippen molar-refractivity contribution in [2.75, 3.05) is 0 Å². The Hall–Kier alpha value is -2.53. The third kappa shape index (κ3) is 2.36. The molecule has 1 aliphatic heterocycles. The smallest absolute Gasteiger partial charge is 0.207 e. The van der Waals surface area contributed by atoms with Crippen LogP contribution >= 0.6 is 0 Å². The molecule has 2 heterocycles. The van der Waals surface area contributed by atoms with Gasteiger partial charge in [-0.05, 0) is 12.1 Å². The Kier molecular flexibility index (Phi) is 3.04. The highest BCUT2D eigenvalue weighted by Gasteiger charge is 2.21. The van der Waals surface area contributed by atoms with E-state index in [1.165, 1.54) is 0 Å². The van der Waals surface area contributed by atoms with Crippen LogP contribution in [0.5, 0.6) is 0 Å². The maximum atomic E-state index is 10.0. The van der Waals surface area contributed by atoms with E-state index in [0.717, 1.165) is 10.6 Å². The molecule has 0 unspecified atom stereocenters. The van der Waals surface area contributed by atoms with Gasteiger partial charge in [0.1, 0.15) is 5.70 Å². The van der Waals surface area contributed by atoms with Crippen molar-refractivity contribution in [3.8, 4) is 0 Å². The molecule has 0 amide bonds. The Morgan fingerprint density at radius 3 is 2.47 bits per heavy atom. The molecule has 0 bridgehead atoms. The van der Waals surface area contributed by atoms with Gasteiger partial charge in [0.25, 0.3) is 0 Å². The van der Waals surface area contributed by atoms with Crippen LogP contribution in [0.25, 0.3) is 5.70 Å². The largest absolute Gasteiger partial charge is 0.286 e. The average Bonchev–Trinajstić information content (AvgIpc) is 2.49. The number of azo groups is 1. The van der Waals surface area contributed by atoms with Crippen molar-refractivity contribution in [3.63, 3.8) is 0 Å². The summed E-state index contributed by atoms with van der Waals surface area (Å²) in [6.07, 6.45) is 2.63. The van der Waals surface area contributed by atoms with E-state index in [4.69, 9.17) is 0 Å². The molecule has 1 atom stereocenters. The van der Waals surface area contributed by atoms with Gasteiger partial charge in [0.15, 0.2) is 0 Å². The second kappa shape index (κ2) is 4.99. The fourth-order valence-electron chi connectivity index (χ4n) is 1.86. The third-order valence-electron chi connectivity index (χ3n) is 2.80. The standard InChI is InChI=1S/C14H12N4O/c19-18-10-13(11-6-2-1-3-7-11)16-17-14(18)12-8-4-5-9-15-12/h1-10,14,19H/t14-/m0/s1. The lowest BCUT2D eigenvalue weighted by molar-refractivity contribution is -0.0833. The molecule has 0 saturated heterocycles. The van der Waals surface area contributed by atoms with Crippen molar-refractivity contribution in [2.24, 2.45) is 10.2 Å². The van der Waals surface area contributed by atoms with Gasteiger partial charge >= 0.3 is 0 Å². The summed E-state index contributed by atoms with van der Waals surface area (Å²) in [6.45, 7) is 0. The first-order chi connectivity index (χ1) is 9.34. The number of rotatable bonds is 2. The topological polar surface area (TPSA) is 61.1 Å². The van der Waals surface area contributed by atoms with Crippen molar-refractivity contribution in [1.82, 2.24) is 10.0 Å². The van der Waals surface area contributed by atoms with E-state index >= 15 is 0 Å².